The molecule has 1 aromatic rings. The van der Waals surface area contributed by atoms with Crippen molar-refractivity contribution in [2.45, 2.75) is 25.9 Å². The quantitative estimate of drug-likeness (QED) is 0.813. The van der Waals surface area contributed by atoms with Gasteiger partial charge < -0.3 is 4.90 Å². The number of nitrogens with zero attached hydrogens (tertiary/aromatic N) is 1. The number of alkyl halides is 3. The highest BCUT2D eigenvalue weighted by atomic mass is 19.4. The fourth-order valence-corrected chi connectivity index (χ4v) is 1.63. The summed E-state index contributed by atoms with van der Waals surface area (Å²) in [5.41, 5.74) is -0.330. The van der Waals surface area contributed by atoms with Crippen LogP contribution in [0.1, 0.15) is 24.5 Å². The molecule has 0 bridgehead atoms. The SMILES string of the molecule is CCCN(C)C(=O)Cc1cccc(C(F)(F)F)c1. The van der Waals surface area contributed by atoms with Crippen molar-refractivity contribution in [1.29, 1.82) is 0 Å². The minimum atomic E-state index is -4.37. The lowest BCUT2D eigenvalue weighted by Gasteiger charge is -2.16. The topological polar surface area (TPSA) is 20.3 Å². The first kappa shape index (κ1) is 14.5. The Morgan fingerprint density at radius 1 is 1.33 bits per heavy atom. The molecule has 0 saturated carbocycles. The van der Waals surface area contributed by atoms with Crippen LogP contribution in [0.4, 0.5) is 13.2 Å². The highest BCUT2D eigenvalue weighted by Gasteiger charge is 2.30. The van der Waals surface area contributed by atoms with Crippen molar-refractivity contribution < 1.29 is 18.0 Å². The Balaban J connectivity index is 2.77. The summed E-state index contributed by atoms with van der Waals surface area (Å²) in [5, 5.41) is 0. The molecule has 2 nitrogen and oxygen atoms in total. The van der Waals surface area contributed by atoms with Gasteiger partial charge in [-0.2, -0.15) is 13.2 Å². The maximum atomic E-state index is 12.5. The van der Waals surface area contributed by atoms with E-state index in [9.17, 15) is 18.0 Å². The molecule has 18 heavy (non-hydrogen) atoms. The molecule has 0 aromatic heterocycles. The van der Waals surface area contributed by atoms with Crippen LogP contribution in [0.25, 0.3) is 0 Å². The van der Waals surface area contributed by atoms with Gasteiger partial charge in [0.1, 0.15) is 0 Å². The summed E-state index contributed by atoms with van der Waals surface area (Å²) in [5.74, 6) is -0.170. The normalized spacial score (nSPS) is 11.4. The lowest BCUT2D eigenvalue weighted by atomic mass is 10.1. The molecule has 0 fully saturated rings. The third-order valence-corrected chi connectivity index (χ3v) is 2.59. The number of likely N-dealkylation sites (N-methyl/N-ethyl adjacent to an activating group) is 1. The van der Waals surface area contributed by atoms with E-state index in [4.69, 9.17) is 0 Å². The predicted octanol–water partition coefficient (Wildman–Crippen LogP) is 3.12. The van der Waals surface area contributed by atoms with Crippen LogP contribution in [-0.4, -0.2) is 24.4 Å². The van der Waals surface area contributed by atoms with Gasteiger partial charge in [0, 0.05) is 13.6 Å². The lowest BCUT2D eigenvalue weighted by molar-refractivity contribution is -0.137. The number of benzene rings is 1. The van der Waals surface area contributed by atoms with Gasteiger partial charge in [0.25, 0.3) is 0 Å². The number of amides is 1. The molecular weight excluding hydrogens is 243 g/mol. The van der Waals surface area contributed by atoms with Crippen LogP contribution >= 0.6 is 0 Å². The van der Waals surface area contributed by atoms with Crippen molar-refractivity contribution in [3.05, 3.63) is 35.4 Å². The number of carbonyl (C=O) groups excluding carboxylic acids is 1. The average Bonchev–Trinajstić information content (AvgIpc) is 2.28. The van der Waals surface area contributed by atoms with Crippen molar-refractivity contribution in [3.63, 3.8) is 0 Å². The van der Waals surface area contributed by atoms with Gasteiger partial charge in [-0.1, -0.05) is 25.1 Å². The second kappa shape index (κ2) is 5.89. The molecule has 5 heteroatoms. The minimum Gasteiger partial charge on any atom is -0.345 e. The van der Waals surface area contributed by atoms with Crippen molar-refractivity contribution in [3.8, 4) is 0 Å². The summed E-state index contributed by atoms with van der Waals surface area (Å²) in [6, 6.07) is 4.89. The van der Waals surface area contributed by atoms with E-state index in [1.165, 1.54) is 17.0 Å². The summed E-state index contributed by atoms with van der Waals surface area (Å²) in [4.78, 5) is 13.2. The van der Waals surface area contributed by atoms with Gasteiger partial charge in [-0.3, -0.25) is 4.79 Å². The first-order chi connectivity index (χ1) is 8.34. The van der Waals surface area contributed by atoms with Gasteiger partial charge in [0.2, 0.25) is 5.91 Å². The number of hydrogen-bond acceptors (Lipinski definition) is 1. The van der Waals surface area contributed by atoms with E-state index in [0.717, 1.165) is 18.6 Å². The molecule has 0 aliphatic heterocycles. The maximum Gasteiger partial charge on any atom is 0.416 e. The Bertz CT molecular complexity index is 415. The zero-order chi connectivity index (χ0) is 13.8. The van der Waals surface area contributed by atoms with Crippen LogP contribution in [0, 0.1) is 0 Å². The molecule has 100 valence electrons. The third-order valence-electron chi connectivity index (χ3n) is 2.59. The van der Waals surface area contributed by atoms with Gasteiger partial charge >= 0.3 is 6.18 Å². The van der Waals surface area contributed by atoms with E-state index in [-0.39, 0.29) is 12.3 Å². The van der Waals surface area contributed by atoms with Gasteiger partial charge in [0.15, 0.2) is 0 Å². The summed E-state index contributed by atoms with van der Waals surface area (Å²) < 4.78 is 37.5. The van der Waals surface area contributed by atoms with Gasteiger partial charge in [0.05, 0.1) is 12.0 Å². The van der Waals surface area contributed by atoms with Gasteiger partial charge in [-0.15, -0.1) is 0 Å². The van der Waals surface area contributed by atoms with E-state index in [1.54, 1.807) is 7.05 Å². The number of halogens is 3. The average molecular weight is 259 g/mol. The highest BCUT2D eigenvalue weighted by Crippen LogP contribution is 2.29. The molecule has 1 rings (SSSR count). The molecular formula is C13H16F3NO. The molecule has 0 atom stereocenters. The molecule has 0 spiro atoms. The fraction of sp³-hybridized carbons (Fsp3) is 0.462. The van der Waals surface area contributed by atoms with Crippen LogP contribution < -0.4 is 0 Å². The van der Waals surface area contributed by atoms with Crippen LogP contribution in [0.2, 0.25) is 0 Å². The third kappa shape index (κ3) is 4.05. The summed E-state index contributed by atoms with van der Waals surface area (Å²) in [6.07, 6.45) is -3.54. The van der Waals surface area contributed by atoms with E-state index in [2.05, 4.69) is 0 Å². The number of rotatable bonds is 4. The fourth-order valence-electron chi connectivity index (χ4n) is 1.63. The van der Waals surface area contributed by atoms with E-state index < -0.39 is 11.7 Å². The zero-order valence-electron chi connectivity index (χ0n) is 10.4. The van der Waals surface area contributed by atoms with Gasteiger partial charge in [-0.05, 0) is 18.1 Å². The van der Waals surface area contributed by atoms with E-state index >= 15 is 0 Å². The molecule has 0 heterocycles. The Morgan fingerprint density at radius 3 is 2.56 bits per heavy atom. The summed E-state index contributed by atoms with van der Waals surface area (Å²) >= 11 is 0. The largest absolute Gasteiger partial charge is 0.416 e. The number of carbonyl (C=O) groups is 1. The van der Waals surface area contributed by atoms with Crippen LogP contribution in [0.15, 0.2) is 24.3 Å². The predicted molar refractivity (Wildman–Crippen MR) is 63.1 cm³/mol. The van der Waals surface area contributed by atoms with Crippen LogP contribution in [-0.2, 0) is 17.4 Å². The second-order valence-corrected chi connectivity index (χ2v) is 4.19. The van der Waals surface area contributed by atoms with E-state index in [1.807, 2.05) is 6.92 Å². The maximum absolute atomic E-state index is 12.5. The first-order valence-corrected chi connectivity index (χ1v) is 5.74. The Kier molecular flexibility index (Phi) is 4.76. The standard InChI is InChI=1S/C13H16F3NO/c1-3-7-17(2)12(18)9-10-5-4-6-11(8-10)13(14,15)16/h4-6,8H,3,7,9H2,1-2H3. The smallest absolute Gasteiger partial charge is 0.345 e. The molecule has 0 unspecified atom stereocenters. The van der Waals surface area contributed by atoms with Gasteiger partial charge in [-0.25, -0.2) is 0 Å². The van der Waals surface area contributed by atoms with Crippen molar-refractivity contribution in [1.82, 2.24) is 4.90 Å². The number of hydrogen-bond donors (Lipinski definition) is 0. The van der Waals surface area contributed by atoms with E-state index in [0.29, 0.717) is 12.1 Å². The van der Waals surface area contributed by atoms with Crippen molar-refractivity contribution in [2.24, 2.45) is 0 Å². The van der Waals surface area contributed by atoms with Crippen molar-refractivity contribution >= 4 is 5.91 Å². The first-order valence-electron chi connectivity index (χ1n) is 5.74. The van der Waals surface area contributed by atoms with Crippen LogP contribution in [0.5, 0.6) is 0 Å². The summed E-state index contributed by atoms with van der Waals surface area (Å²) in [6.45, 7) is 2.55. The van der Waals surface area contributed by atoms with Crippen LogP contribution in [0.3, 0.4) is 0 Å². The molecule has 0 aliphatic rings. The molecule has 0 radical (unpaired) electrons. The Hall–Kier alpha value is -1.52. The molecule has 0 saturated heterocycles. The molecule has 0 N–H and O–H groups in total. The molecule has 1 aromatic carbocycles. The highest BCUT2D eigenvalue weighted by molar-refractivity contribution is 5.78. The van der Waals surface area contributed by atoms with Crippen molar-refractivity contribution in [2.75, 3.05) is 13.6 Å². The Morgan fingerprint density at radius 2 is 2.00 bits per heavy atom. The molecule has 1 amide bonds. The second-order valence-electron chi connectivity index (χ2n) is 4.19. The monoisotopic (exact) mass is 259 g/mol. The zero-order valence-corrected chi connectivity index (χ0v) is 10.4. The molecule has 0 aliphatic carbocycles. The Labute approximate surface area is 104 Å². The minimum absolute atomic E-state index is 0.000417. The lowest BCUT2D eigenvalue weighted by Crippen LogP contribution is -2.28. The summed E-state index contributed by atoms with van der Waals surface area (Å²) in [7, 11) is 1.65.